The van der Waals surface area contributed by atoms with E-state index in [0.29, 0.717) is 29.7 Å². The summed E-state index contributed by atoms with van der Waals surface area (Å²) in [6.45, 7) is 26.6. The highest BCUT2D eigenvalue weighted by Crippen LogP contribution is 2.46. The molecule has 2 heterocycles. The number of alkyl halides is 3. The summed E-state index contributed by atoms with van der Waals surface area (Å²) in [5.41, 5.74) is 25.4. The number of allylic oxidation sites excluding steroid dienone is 8. The molecule has 12 aromatic rings. The van der Waals surface area contributed by atoms with Gasteiger partial charge in [-0.3, -0.25) is 0 Å². The average Bonchev–Trinajstić information content (AvgIpc) is 1.56. The molecule has 0 radical (unpaired) electrons. The topological polar surface area (TPSA) is 81.5 Å². The van der Waals surface area contributed by atoms with E-state index in [1.807, 2.05) is 22.8 Å². The molecular formula is C96H85F3N6S. The molecule has 2 aliphatic rings. The van der Waals surface area contributed by atoms with Gasteiger partial charge < -0.3 is 9.47 Å². The predicted octanol–water partition coefficient (Wildman–Crippen LogP) is 26.0. The lowest BCUT2D eigenvalue weighted by molar-refractivity contribution is -0.137. The molecule has 2 aliphatic carbocycles. The van der Waals surface area contributed by atoms with E-state index in [9.17, 15) is 23.7 Å². The molecule has 526 valence electrons. The first-order chi connectivity index (χ1) is 50.6. The minimum Gasteiger partial charge on any atom is -0.310 e. The zero-order valence-corrected chi connectivity index (χ0v) is 62.9. The molecule has 14 rings (SSSR count). The lowest BCUT2D eigenvalue weighted by Crippen LogP contribution is -2.18. The fraction of sp³-hybridized carbons (Fsp3) is 0.208. The number of fused-ring (bicyclic) bond motifs is 4. The van der Waals surface area contributed by atoms with Crippen LogP contribution in [-0.4, -0.2) is 13.3 Å². The fourth-order valence-corrected chi connectivity index (χ4v) is 15.2. The van der Waals surface area contributed by atoms with Gasteiger partial charge in [-0.15, -0.1) is 0 Å². The number of aromatic nitrogens is 3. The number of benzene rings is 10. The van der Waals surface area contributed by atoms with Gasteiger partial charge >= 0.3 is 6.18 Å². The summed E-state index contributed by atoms with van der Waals surface area (Å²) < 4.78 is 53.7. The van der Waals surface area contributed by atoms with Crippen LogP contribution in [0.25, 0.3) is 78.2 Å². The highest BCUT2D eigenvalue weighted by atomic mass is 32.1. The Balaban J connectivity index is 0.824. The van der Waals surface area contributed by atoms with Crippen molar-refractivity contribution in [2.24, 2.45) is 0 Å². The van der Waals surface area contributed by atoms with E-state index in [0.717, 1.165) is 135 Å². The van der Waals surface area contributed by atoms with E-state index in [4.69, 9.17) is 8.75 Å². The molecule has 0 aliphatic heterocycles. The molecule has 0 saturated carbocycles. The number of nitrogens with zero attached hydrogens (tertiary/aromatic N) is 6. The Morgan fingerprint density at radius 2 is 0.915 bits per heavy atom. The zero-order valence-electron chi connectivity index (χ0n) is 62.1. The number of hydrogen-bond donors (Lipinski definition) is 0. The number of nitriles is 2. The van der Waals surface area contributed by atoms with E-state index in [2.05, 4.69) is 325 Å². The van der Waals surface area contributed by atoms with Crippen LogP contribution in [0.1, 0.15) is 173 Å². The molecule has 1 atom stereocenters. The van der Waals surface area contributed by atoms with Gasteiger partial charge in [0.25, 0.3) is 0 Å². The largest absolute Gasteiger partial charge is 0.416 e. The van der Waals surface area contributed by atoms with Gasteiger partial charge in [0.05, 0.1) is 45.3 Å². The molecule has 106 heavy (non-hydrogen) atoms. The third-order valence-electron chi connectivity index (χ3n) is 20.8. The molecule has 10 heteroatoms. The molecule has 6 nitrogen and oxygen atoms in total. The van der Waals surface area contributed by atoms with Gasteiger partial charge in [-0.25, -0.2) is 0 Å². The van der Waals surface area contributed by atoms with E-state index >= 15 is 0 Å². The van der Waals surface area contributed by atoms with Crippen molar-refractivity contribution in [3.63, 3.8) is 0 Å². The van der Waals surface area contributed by atoms with E-state index in [1.54, 1.807) is 12.1 Å². The lowest BCUT2D eigenvalue weighted by atomic mass is 9.83. The Labute approximate surface area is 625 Å². The van der Waals surface area contributed by atoms with Crippen LogP contribution in [0, 0.1) is 22.7 Å². The van der Waals surface area contributed by atoms with Crippen molar-refractivity contribution in [3.05, 3.63) is 345 Å². The number of anilines is 2. The van der Waals surface area contributed by atoms with Crippen molar-refractivity contribution in [2.75, 3.05) is 4.90 Å². The highest BCUT2D eigenvalue weighted by Gasteiger charge is 2.32. The van der Waals surface area contributed by atoms with Crippen molar-refractivity contribution < 1.29 is 13.2 Å². The Morgan fingerprint density at radius 1 is 0.472 bits per heavy atom. The Morgan fingerprint density at radius 3 is 1.37 bits per heavy atom. The summed E-state index contributed by atoms with van der Waals surface area (Å²) in [6.07, 6.45) is 11.8. The maximum absolute atomic E-state index is 13.8. The molecule has 0 spiro atoms. The van der Waals surface area contributed by atoms with Crippen LogP contribution >= 0.6 is 11.7 Å². The molecule has 0 amide bonds. The second-order valence-corrected chi connectivity index (χ2v) is 32.5. The van der Waals surface area contributed by atoms with Crippen molar-refractivity contribution >= 4 is 73.4 Å². The second kappa shape index (κ2) is 28.2. The Hall–Kier alpha value is -11.4. The van der Waals surface area contributed by atoms with Gasteiger partial charge in [-0.1, -0.05) is 277 Å². The molecule has 2 aromatic heterocycles. The summed E-state index contributed by atoms with van der Waals surface area (Å²) >= 11 is 1.17. The third kappa shape index (κ3) is 14.4. The van der Waals surface area contributed by atoms with Gasteiger partial charge in [0.2, 0.25) is 0 Å². The first-order valence-electron chi connectivity index (χ1n) is 36.3. The van der Waals surface area contributed by atoms with Crippen molar-refractivity contribution in [3.8, 4) is 40.1 Å². The monoisotopic (exact) mass is 1410 g/mol. The smallest absolute Gasteiger partial charge is 0.310 e. The number of hydrogen-bond acceptors (Lipinski definition) is 6. The van der Waals surface area contributed by atoms with Crippen LogP contribution in [0.4, 0.5) is 24.5 Å². The summed E-state index contributed by atoms with van der Waals surface area (Å²) in [4.78, 5) is 2.27. The van der Waals surface area contributed by atoms with Crippen LogP contribution < -0.4 is 4.90 Å². The number of halogens is 3. The summed E-state index contributed by atoms with van der Waals surface area (Å²) in [6, 6.07) is 81.3. The first kappa shape index (κ1) is 71.6. The van der Waals surface area contributed by atoms with Crippen molar-refractivity contribution in [2.45, 2.75) is 130 Å². The minimum atomic E-state index is -4.45. The molecule has 1 unspecified atom stereocenters. The summed E-state index contributed by atoms with van der Waals surface area (Å²) in [7, 11) is 0. The van der Waals surface area contributed by atoms with E-state index in [1.165, 1.54) is 34.0 Å². The van der Waals surface area contributed by atoms with Crippen molar-refractivity contribution in [1.82, 2.24) is 13.3 Å². The number of rotatable bonds is 13. The van der Waals surface area contributed by atoms with Gasteiger partial charge in [-0.05, 0) is 191 Å². The SMILES string of the molecule is CC(C)(C)c1ccc(C(=C(C#N)c2ccc(-c3ccc(N(C4=CCC(c5ccc(C(C#N)=C(c6ccc(C(C)(C)C)cc6)c6ccc(C(C)(C)C)cc6)cc5)C=C4)c4ccc(-c5ccc6c(c5)c5c(n6-c6ccc(C(F)(F)F)cc6)C=CC=CC5)c5nsnc45)cc3)cc2)c2ccc(C(C)(C)C)cc2)cc1. The maximum atomic E-state index is 13.8. The normalized spacial score (nSPS) is 13.9. The molecular weight excluding hydrogens is 1330 g/mol. The molecule has 0 saturated heterocycles. The predicted molar refractivity (Wildman–Crippen MR) is 435 cm³/mol. The van der Waals surface area contributed by atoms with Crippen LogP contribution in [0.5, 0.6) is 0 Å². The molecule has 0 N–H and O–H groups in total. The van der Waals surface area contributed by atoms with Gasteiger partial charge in [0.15, 0.2) is 0 Å². The first-order valence-corrected chi connectivity index (χ1v) is 37.0. The Kier molecular flexibility index (Phi) is 19.0. The van der Waals surface area contributed by atoms with Crippen molar-refractivity contribution in [1.29, 1.82) is 10.5 Å². The summed E-state index contributed by atoms with van der Waals surface area (Å²) in [5, 5.41) is 23.3. The van der Waals surface area contributed by atoms with E-state index in [-0.39, 0.29) is 27.6 Å². The molecule has 0 bridgehead atoms. The maximum Gasteiger partial charge on any atom is 0.416 e. The molecule has 0 fully saturated rings. The molecule has 10 aromatic carbocycles. The third-order valence-corrected chi connectivity index (χ3v) is 21.3. The zero-order chi connectivity index (χ0) is 74.6. The Bertz CT molecular complexity index is 5480. The van der Waals surface area contributed by atoms with Gasteiger partial charge in [0, 0.05) is 45.1 Å². The van der Waals surface area contributed by atoms with Crippen LogP contribution in [0.3, 0.4) is 0 Å². The van der Waals surface area contributed by atoms with Crippen LogP contribution in [0.2, 0.25) is 0 Å². The lowest BCUT2D eigenvalue weighted by Gasteiger charge is -2.29. The fourth-order valence-electron chi connectivity index (χ4n) is 14.7. The quantitative estimate of drug-likeness (QED) is 0.0849. The standard InChI is InChI=1S/C96H85F3N6S/c1-92(2,3)72-39-26-67(27-40-72)88(68-28-41-73(42-29-68)93(4,5)6)83(59-100)65-22-18-61(19-23-65)63-34-49-77(50-35-63)104(87-57-55-80(90-91(87)103-106-102-90)71-38-56-86-82(58-71)81-16-14-13-15-17-85(81)105(86)79-53-47-76(48-54-79)96(97,98)99)78-51-36-64(37-52-78)62-20-24-66(25-21-62)84(60-101)89(69-30-43-74(44-31-69)94(7,8)9)70-32-45-75(46-33-70)95(10,11)12/h13-15,17-36,38-58,64H,16,37H2,1-12H3. The van der Waals surface area contributed by atoms with Crippen LogP contribution in [0.15, 0.2) is 267 Å². The summed E-state index contributed by atoms with van der Waals surface area (Å²) in [5.74, 6) is 0.0396. The highest BCUT2D eigenvalue weighted by molar-refractivity contribution is 7.00. The van der Waals surface area contributed by atoms with Crippen LogP contribution in [-0.2, 0) is 34.3 Å². The van der Waals surface area contributed by atoms with E-state index < -0.39 is 11.7 Å². The second-order valence-electron chi connectivity index (χ2n) is 32.0. The van der Waals surface area contributed by atoms with Gasteiger partial charge in [0.1, 0.15) is 23.2 Å². The van der Waals surface area contributed by atoms with Gasteiger partial charge in [-0.2, -0.15) is 32.4 Å². The minimum absolute atomic E-state index is 0.0274. The average molecular weight is 1410 g/mol.